The smallest absolute Gasteiger partial charge is 0.0972 e. The van der Waals surface area contributed by atoms with Gasteiger partial charge in [-0.2, -0.15) is 0 Å². The highest BCUT2D eigenvalue weighted by atomic mass is 16.3. The minimum absolute atomic E-state index is 0.194. The van der Waals surface area contributed by atoms with Crippen LogP contribution in [0.4, 0.5) is 0 Å². The molecule has 0 radical (unpaired) electrons. The Bertz CT molecular complexity index is 124. The summed E-state index contributed by atoms with van der Waals surface area (Å²) in [7, 11) is 0. The van der Waals surface area contributed by atoms with Crippen LogP contribution < -0.4 is 10.6 Å². The first-order chi connectivity index (χ1) is 5.14. The van der Waals surface area contributed by atoms with Crippen molar-refractivity contribution in [1.82, 2.24) is 10.6 Å². The normalized spacial score (nSPS) is 24.3. The van der Waals surface area contributed by atoms with Gasteiger partial charge in [0.15, 0.2) is 0 Å². The Morgan fingerprint density at radius 3 is 2.64 bits per heavy atom. The Labute approximate surface area is 66.6 Å². The third-order valence-electron chi connectivity index (χ3n) is 1.89. The molecule has 0 aromatic rings. The lowest BCUT2D eigenvalue weighted by molar-refractivity contribution is -0.000462. The van der Waals surface area contributed by atoms with Crippen LogP contribution in [0.2, 0.25) is 0 Å². The molecule has 1 saturated heterocycles. The minimum Gasteiger partial charge on any atom is -0.393 e. The Balaban J connectivity index is 2.09. The molecule has 11 heavy (non-hydrogen) atoms. The first-order valence-corrected chi connectivity index (χ1v) is 3.91. The summed E-state index contributed by atoms with van der Waals surface area (Å²) in [5, 5.41) is 24.3. The van der Waals surface area contributed by atoms with Crippen LogP contribution in [-0.2, 0) is 0 Å². The van der Waals surface area contributed by atoms with Crippen molar-refractivity contribution in [2.75, 3.05) is 26.2 Å². The summed E-state index contributed by atoms with van der Waals surface area (Å²) in [6.45, 7) is 3.80. The summed E-state index contributed by atoms with van der Waals surface area (Å²) in [5.41, 5.74) is -0.977. The molecule has 1 aliphatic rings. The highest BCUT2D eigenvalue weighted by molar-refractivity contribution is 4.85. The molecule has 0 aliphatic carbocycles. The van der Waals surface area contributed by atoms with Crippen molar-refractivity contribution in [3.63, 3.8) is 0 Å². The first-order valence-electron chi connectivity index (χ1n) is 3.91. The lowest BCUT2D eigenvalue weighted by Gasteiger charge is -2.31. The number of hydrogen-bond acceptors (Lipinski definition) is 4. The average molecular weight is 160 g/mol. The van der Waals surface area contributed by atoms with E-state index in [2.05, 4.69) is 10.6 Å². The van der Waals surface area contributed by atoms with Crippen molar-refractivity contribution in [3.05, 3.63) is 0 Å². The minimum atomic E-state index is -0.977. The SMILES string of the molecule is CC(O)(CO)CNC1CNC1. The van der Waals surface area contributed by atoms with E-state index in [1.54, 1.807) is 6.92 Å². The topological polar surface area (TPSA) is 64.5 Å². The fourth-order valence-corrected chi connectivity index (χ4v) is 0.853. The number of rotatable bonds is 4. The van der Waals surface area contributed by atoms with Gasteiger partial charge in [0.05, 0.1) is 12.2 Å². The van der Waals surface area contributed by atoms with Crippen LogP contribution in [0.25, 0.3) is 0 Å². The molecule has 1 unspecified atom stereocenters. The predicted octanol–water partition coefficient (Wildman–Crippen LogP) is -1.71. The third kappa shape index (κ3) is 2.75. The van der Waals surface area contributed by atoms with Crippen molar-refractivity contribution >= 4 is 0 Å². The molecular weight excluding hydrogens is 144 g/mol. The lowest BCUT2D eigenvalue weighted by atomic mass is 10.1. The summed E-state index contributed by atoms with van der Waals surface area (Å²) in [4.78, 5) is 0. The van der Waals surface area contributed by atoms with Crippen molar-refractivity contribution in [1.29, 1.82) is 0 Å². The zero-order valence-electron chi connectivity index (χ0n) is 6.80. The molecule has 0 amide bonds. The van der Waals surface area contributed by atoms with E-state index in [-0.39, 0.29) is 6.61 Å². The molecule has 4 N–H and O–H groups in total. The Hall–Kier alpha value is -0.160. The van der Waals surface area contributed by atoms with E-state index in [4.69, 9.17) is 5.11 Å². The average Bonchev–Trinajstić information content (AvgIpc) is 1.84. The van der Waals surface area contributed by atoms with Gasteiger partial charge in [0.25, 0.3) is 0 Å². The van der Waals surface area contributed by atoms with Crippen molar-refractivity contribution in [2.24, 2.45) is 0 Å². The van der Waals surface area contributed by atoms with E-state index < -0.39 is 5.60 Å². The van der Waals surface area contributed by atoms with Crippen LogP contribution in [0.5, 0.6) is 0 Å². The van der Waals surface area contributed by atoms with Gasteiger partial charge in [-0.25, -0.2) is 0 Å². The zero-order chi connectivity index (χ0) is 8.32. The quantitative estimate of drug-likeness (QED) is 0.395. The van der Waals surface area contributed by atoms with E-state index in [9.17, 15) is 5.11 Å². The van der Waals surface area contributed by atoms with Gasteiger partial charge in [-0.05, 0) is 6.92 Å². The molecule has 1 atom stereocenters. The second kappa shape index (κ2) is 3.49. The van der Waals surface area contributed by atoms with E-state index in [0.29, 0.717) is 12.6 Å². The summed E-state index contributed by atoms with van der Waals surface area (Å²) >= 11 is 0. The third-order valence-corrected chi connectivity index (χ3v) is 1.89. The van der Waals surface area contributed by atoms with Crippen LogP contribution in [-0.4, -0.2) is 48.1 Å². The zero-order valence-corrected chi connectivity index (χ0v) is 6.80. The standard InChI is InChI=1S/C7H16N2O2/c1-7(11,5-10)4-9-6-2-8-3-6/h6,8-11H,2-5H2,1H3. The van der Waals surface area contributed by atoms with E-state index in [1.165, 1.54) is 0 Å². The maximum Gasteiger partial charge on any atom is 0.0972 e. The van der Waals surface area contributed by atoms with Gasteiger partial charge in [0.2, 0.25) is 0 Å². The first kappa shape index (κ1) is 8.93. The maximum absolute atomic E-state index is 9.36. The second-order valence-electron chi connectivity index (χ2n) is 3.39. The lowest BCUT2D eigenvalue weighted by Crippen LogP contribution is -2.58. The van der Waals surface area contributed by atoms with Gasteiger partial charge in [-0.3, -0.25) is 0 Å². The van der Waals surface area contributed by atoms with E-state index >= 15 is 0 Å². The van der Waals surface area contributed by atoms with Gasteiger partial charge < -0.3 is 20.8 Å². The summed E-state index contributed by atoms with van der Waals surface area (Å²) in [6, 6.07) is 0.466. The fourth-order valence-electron chi connectivity index (χ4n) is 0.853. The van der Waals surface area contributed by atoms with Crippen LogP contribution in [0, 0.1) is 0 Å². The van der Waals surface area contributed by atoms with Gasteiger partial charge in [-0.1, -0.05) is 0 Å². The Kier molecular flexibility index (Phi) is 2.84. The van der Waals surface area contributed by atoms with Crippen molar-refractivity contribution in [3.8, 4) is 0 Å². The van der Waals surface area contributed by atoms with Crippen LogP contribution in [0.15, 0.2) is 0 Å². The molecule has 66 valence electrons. The van der Waals surface area contributed by atoms with Gasteiger partial charge in [0, 0.05) is 25.7 Å². The number of hydrogen-bond donors (Lipinski definition) is 4. The van der Waals surface area contributed by atoms with Gasteiger partial charge >= 0.3 is 0 Å². The van der Waals surface area contributed by atoms with Crippen LogP contribution in [0.1, 0.15) is 6.92 Å². The molecule has 1 heterocycles. The van der Waals surface area contributed by atoms with Crippen LogP contribution in [0.3, 0.4) is 0 Å². The molecule has 0 aromatic heterocycles. The largest absolute Gasteiger partial charge is 0.393 e. The van der Waals surface area contributed by atoms with E-state index in [1.807, 2.05) is 0 Å². The summed E-state index contributed by atoms with van der Waals surface area (Å²) < 4.78 is 0. The van der Waals surface area contributed by atoms with Crippen molar-refractivity contribution < 1.29 is 10.2 Å². The maximum atomic E-state index is 9.36. The second-order valence-corrected chi connectivity index (χ2v) is 3.39. The molecule has 0 spiro atoms. The monoisotopic (exact) mass is 160 g/mol. The molecule has 0 saturated carbocycles. The highest BCUT2D eigenvalue weighted by Crippen LogP contribution is 2.00. The molecule has 4 heteroatoms. The summed E-state index contributed by atoms with van der Waals surface area (Å²) in [5.74, 6) is 0. The van der Waals surface area contributed by atoms with Gasteiger partial charge in [0.1, 0.15) is 0 Å². The van der Waals surface area contributed by atoms with Gasteiger partial charge in [-0.15, -0.1) is 0 Å². The number of aliphatic hydroxyl groups excluding tert-OH is 1. The number of aliphatic hydroxyl groups is 2. The van der Waals surface area contributed by atoms with E-state index in [0.717, 1.165) is 13.1 Å². The van der Waals surface area contributed by atoms with Crippen LogP contribution >= 0.6 is 0 Å². The molecule has 4 nitrogen and oxygen atoms in total. The molecular formula is C7H16N2O2. The molecule has 1 fully saturated rings. The highest BCUT2D eigenvalue weighted by Gasteiger charge is 2.22. The number of nitrogens with one attached hydrogen (secondary N) is 2. The molecule has 1 rings (SSSR count). The predicted molar refractivity (Wildman–Crippen MR) is 42.4 cm³/mol. The summed E-state index contributed by atoms with van der Waals surface area (Å²) in [6.07, 6.45) is 0. The molecule has 0 aromatic carbocycles. The molecule has 0 bridgehead atoms. The Morgan fingerprint density at radius 1 is 1.64 bits per heavy atom. The molecule has 1 aliphatic heterocycles. The van der Waals surface area contributed by atoms with Crippen molar-refractivity contribution in [2.45, 2.75) is 18.6 Å². The Morgan fingerprint density at radius 2 is 2.27 bits per heavy atom. The fraction of sp³-hybridized carbons (Fsp3) is 1.00.